The van der Waals surface area contributed by atoms with E-state index in [9.17, 15) is 4.79 Å². The van der Waals surface area contributed by atoms with Crippen LogP contribution in [-0.2, 0) is 17.9 Å². The predicted octanol–water partition coefficient (Wildman–Crippen LogP) is 1.59. The van der Waals surface area contributed by atoms with Gasteiger partial charge < -0.3 is 19.6 Å². The minimum Gasteiger partial charge on any atom is -0.478 e. The summed E-state index contributed by atoms with van der Waals surface area (Å²) >= 11 is 1.35. The van der Waals surface area contributed by atoms with Crippen molar-refractivity contribution < 1.29 is 19.1 Å². The van der Waals surface area contributed by atoms with Crippen molar-refractivity contribution in [2.75, 3.05) is 12.4 Å². The van der Waals surface area contributed by atoms with Crippen LogP contribution in [0.5, 0.6) is 0 Å². The monoisotopic (exact) mass is 269 g/mol. The molecule has 2 aromatic heterocycles. The van der Waals surface area contributed by atoms with E-state index in [1.165, 1.54) is 23.7 Å². The van der Waals surface area contributed by atoms with Gasteiger partial charge in [0.25, 0.3) is 0 Å². The molecule has 0 aliphatic heterocycles. The molecule has 0 unspecified atom stereocenters. The molecule has 0 radical (unpaired) electrons. The molecular weight excluding hydrogens is 258 g/mol. The van der Waals surface area contributed by atoms with Crippen LogP contribution in [0, 0.1) is 0 Å². The molecule has 0 fully saturated rings. The number of carboxylic acid groups (broad SMARTS) is 1. The molecule has 0 bridgehead atoms. The third-order valence-electron chi connectivity index (χ3n) is 2.11. The molecule has 0 spiro atoms. The van der Waals surface area contributed by atoms with E-state index in [4.69, 9.17) is 14.3 Å². The Morgan fingerprint density at radius 1 is 1.61 bits per heavy atom. The summed E-state index contributed by atoms with van der Waals surface area (Å²) in [4.78, 5) is 10.9. The first-order chi connectivity index (χ1) is 8.70. The third-order valence-corrected chi connectivity index (χ3v) is 2.97. The number of aromatic carboxylic acids is 1. The lowest BCUT2D eigenvalue weighted by Gasteiger charge is -1.99. The van der Waals surface area contributed by atoms with Crippen molar-refractivity contribution >= 4 is 22.4 Å². The van der Waals surface area contributed by atoms with Gasteiger partial charge in [0.15, 0.2) is 0 Å². The molecule has 0 aromatic carbocycles. The zero-order chi connectivity index (χ0) is 13.0. The van der Waals surface area contributed by atoms with E-state index in [1.807, 2.05) is 0 Å². The number of carboxylic acids is 1. The maximum atomic E-state index is 10.9. The Hall–Kier alpha value is -1.93. The maximum Gasteiger partial charge on any atom is 0.339 e. The number of furan rings is 1. The average molecular weight is 269 g/mol. The van der Waals surface area contributed by atoms with Gasteiger partial charge in [0, 0.05) is 7.11 Å². The number of anilines is 1. The van der Waals surface area contributed by atoms with E-state index in [1.54, 1.807) is 7.11 Å². The fraction of sp³-hybridized carbons (Fsp3) is 0.300. The molecule has 18 heavy (non-hydrogen) atoms. The van der Waals surface area contributed by atoms with Crippen molar-refractivity contribution in [3.8, 4) is 0 Å². The van der Waals surface area contributed by atoms with Gasteiger partial charge in [0.2, 0.25) is 5.13 Å². The first-order valence-corrected chi connectivity index (χ1v) is 5.87. The van der Waals surface area contributed by atoms with Crippen LogP contribution in [0.3, 0.4) is 0 Å². The van der Waals surface area contributed by atoms with E-state index in [-0.39, 0.29) is 12.1 Å². The topological polar surface area (TPSA) is 97.5 Å². The van der Waals surface area contributed by atoms with Crippen molar-refractivity contribution in [2.45, 2.75) is 13.2 Å². The highest BCUT2D eigenvalue weighted by molar-refractivity contribution is 7.15. The number of hydrogen-bond donors (Lipinski definition) is 2. The fourth-order valence-electron chi connectivity index (χ4n) is 1.33. The second-order valence-corrected chi connectivity index (χ2v) is 4.41. The molecule has 96 valence electrons. The minimum absolute atomic E-state index is 0.143. The number of carbonyl (C=O) groups is 1. The lowest BCUT2D eigenvalue weighted by Crippen LogP contribution is -2.04. The number of ether oxygens (including phenoxy) is 1. The van der Waals surface area contributed by atoms with Crippen molar-refractivity contribution in [3.63, 3.8) is 0 Å². The Bertz CT molecular complexity index is 537. The van der Waals surface area contributed by atoms with Gasteiger partial charge in [-0.2, -0.15) is 0 Å². The highest BCUT2D eigenvalue weighted by atomic mass is 32.1. The first kappa shape index (κ1) is 12.5. The van der Waals surface area contributed by atoms with Crippen LogP contribution >= 0.6 is 11.3 Å². The van der Waals surface area contributed by atoms with Crippen LogP contribution in [0.2, 0.25) is 0 Å². The zero-order valence-corrected chi connectivity index (χ0v) is 10.4. The molecule has 2 aromatic rings. The number of hydrogen-bond acceptors (Lipinski definition) is 7. The van der Waals surface area contributed by atoms with Crippen molar-refractivity contribution in [2.24, 2.45) is 0 Å². The lowest BCUT2D eigenvalue weighted by molar-refractivity contribution is 0.0694. The van der Waals surface area contributed by atoms with Gasteiger partial charge in [0.05, 0.1) is 12.8 Å². The number of nitrogens with zero attached hydrogens (tertiary/aromatic N) is 2. The number of aromatic nitrogens is 2. The molecule has 2 heterocycles. The largest absolute Gasteiger partial charge is 0.478 e. The third kappa shape index (κ3) is 2.84. The van der Waals surface area contributed by atoms with Crippen molar-refractivity contribution in [1.29, 1.82) is 0 Å². The van der Waals surface area contributed by atoms with Gasteiger partial charge in [0.1, 0.15) is 22.9 Å². The number of nitrogens with one attached hydrogen (secondary N) is 1. The summed E-state index contributed by atoms with van der Waals surface area (Å²) in [5.41, 5.74) is 0.143. The van der Waals surface area contributed by atoms with Crippen LogP contribution in [0.25, 0.3) is 0 Å². The van der Waals surface area contributed by atoms with Gasteiger partial charge in [-0.1, -0.05) is 11.3 Å². The SMILES string of the molecule is COCc1nnc(NCc2occc2C(=O)O)s1. The van der Waals surface area contributed by atoms with E-state index in [2.05, 4.69) is 15.5 Å². The summed E-state index contributed by atoms with van der Waals surface area (Å²) < 4.78 is 10.0. The molecule has 0 amide bonds. The molecule has 0 aliphatic carbocycles. The molecule has 0 saturated heterocycles. The first-order valence-electron chi connectivity index (χ1n) is 5.05. The molecule has 8 heteroatoms. The second-order valence-electron chi connectivity index (χ2n) is 3.35. The molecule has 2 rings (SSSR count). The van der Waals surface area contributed by atoms with Gasteiger partial charge in [-0.25, -0.2) is 4.79 Å². The minimum atomic E-state index is -1.02. The summed E-state index contributed by atoms with van der Waals surface area (Å²) in [6.45, 7) is 0.650. The Morgan fingerprint density at radius 3 is 3.17 bits per heavy atom. The van der Waals surface area contributed by atoms with Crippen molar-refractivity contribution in [3.05, 3.63) is 28.7 Å². The Labute approximate surface area is 106 Å². The molecule has 7 nitrogen and oxygen atoms in total. The Kier molecular flexibility index (Phi) is 3.90. The van der Waals surface area contributed by atoms with Crippen LogP contribution in [0.15, 0.2) is 16.7 Å². The van der Waals surface area contributed by atoms with Crippen LogP contribution in [-0.4, -0.2) is 28.4 Å². The van der Waals surface area contributed by atoms with Gasteiger partial charge in [-0.15, -0.1) is 10.2 Å². The summed E-state index contributed by atoms with van der Waals surface area (Å²) in [6.07, 6.45) is 1.34. The smallest absolute Gasteiger partial charge is 0.339 e. The quantitative estimate of drug-likeness (QED) is 0.821. The highest BCUT2D eigenvalue weighted by Crippen LogP contribution is 2.18. The van der Waals surface area contributed by atoms with Crippen molar-refractivity contribution in [1.82, 2.24) is 10.2 Å². The maximum absolute atomic E-state index is 10.9. The number of rotatable bonds is 6. The molecular formula is C10H11N3O4S. The summed E-state index contributed by atoms with van der Waals surface area (Å²) in [6, 6.07) is 1.41. The fourth-order valence-corrected chi connectivity index (χ4v) is 2.04. The van der Waals surface area contributed by atoms with Crippen LogP contribution in [0.1, 0.15) is 21.1 Å². The average Bonchev–Trinajstić information content (AvgIpc) is 2.95. The molecule has 0 aliphatic rings. The normalized spacial score (nSPS) is 10.5. The summed E-state index contributed by atoms with van der Waals surface area (Å²) in [7, 11) is 1.58. The zero-order valence-electron chi connectivity index (χ0n) is 9.54. The van der Waals surface area contributed by atoms with E-state index in [0.717, 1.165) is 5.01 Å². The van der Waals surface area contributed by atoms with Gasteiger partial charge in [-0.3, -0.25) is 0 Å². The molecule has 2 N–H and O–H groups in total. The van der Waals surface area contributed by atoms with Crippen LogP contribution < -0.4 is 5.32 Å². The highest BCUT2D eigenvalue weighted by Gasteiger charge is 2.13. The summed E-state index contributed by atoms with van der Waals surface area (Å²) in [5, 5.41) is 21.0. The van der Waals surface area contributed by atoms with Crippen LogP contribution in [0.4, 0.5) is 5.13 Å². The predicted molar refractivity (Wildman–Crippen MR) is 63.6 cm³/mol. The standard InChI is InChI=1S/C10H11N3O4S/c1-16-5-8-12-13-10(18-8)11-4-7-6(9(14)15)2-3-17-7/h2-3H,4-5H2,1H3,(H,11,13)(H,14,15). The van der Waals surface area contributed by atoms with E-state index < -0.39 is 5.97 Å². The molecule has 0 atom stereocenters. The van der Waals surface area contributed by atoms with Gasteiger partial charge in [-0.05, 0) is 6.07 Å². The van der Waals surface area contributed by atoms with Gasteiger partial charge >= 0.3 is 5.97 Å². The second kappa shape index (κ2) is 5.61. The van der Waals surface area contributed by atoms with E-state index in [0.29, 0.717) is 17.5 Å². The van der Waals surface area contributed by atoms with E-state index >= 15 is 0 Å². The molecule has 0 saturated carbocycles. The summed E-state index contributed by atoms with van der Waals surface area (Å²) in [5.74, 6) is -0.663. The Balaban J connectivity index is 1.98. The Morgan fingerprint density at radius 2 is 2.44 bits per heavy atom. The lowest BCUT2D eigenvalue weighted by atomic mass is 10.2. The number of methoxy groups -OCH3 is 1.